The fourth-order valence-electron chi connectivity index (χ4n) is 5.44. The van der Waals surface area contributed by atoms with Crippen LogP contribution in [0, 0.1) is 22.7 Å². The molecule has 3 aliphatic rings. The smallest absolute Gasteiger partial charge is 0.477 e. The van der Waals surface area contributed by atoms with Crippen molar-refractivity contribution in [3.63, 3.8) is 0 Å². The number of ether oxygens (including phenoxy) is 3. The molecule has 5 unspecified atom stereocenters. The van der Waals surface area contributed by atoms with E-state index >= 15 is 0 Å². The maximum Gasteiger partial charge on any atom is 0.508 e. The highest BCUT2D eigenvalue weighted by Crippen LogP contribution is 2.39. The number of carboxylic acids is 1. The number of H-pyrrole nitrogens is 1. The number of hydrogen-bond acceptors (Lipinski definition) is 10. The number of carbonyl (C=O) groups excluding carboxylic acids is 2. The van der Waals surface area contributed by atoms with Gasteiger partial charge in [-0.1, -0.05) is 43.7 Å². The Labute approximate surface area is 259 Å². The van der Waals surface area contributed by atoms with Gasteiger partial charge in [0.2, 0.25) is 0 Å². The first-order valence-corrected chi connectivity index (χ1v) is 15.2. The van der Waals surface area contributed by atoms with E-state index in [1.165, 1.54) is 26.0 Å². The van der Waals surface area contributed by atoms with Gasteiger partial charge in [-0.3, -0.25) is 4.79 Å². The average molecular weight is 623 g/mol. The maximum absolute atomic E-state index is 12.3. The predicted molar refractivity (Wildman–Crippen MR) is 165 cm³/mol. The molecule has 0 amide bonds. The van der Waals surface area contributed by atoms with Gasteiger partial charge in [-0.15, -0.1) is 0 Å². The summed E-state index contributed by atoms with van der Waals surface area (Å²) in [6.07, 6.45) is 11.2. The summed E-state index contributed by atoms with van der Waals surface area (Å²) in [6.45, 7) is 9.51. The number of aromatic nitrogens is 1. The summed E-state index contributed by atoms with van der Waals surface area (Å²) in [5.41, 5.74) is 0.145. The van der Waals surface area contributed by atoms with E-state index in [4.69, 9.17) is 29.3 Å². The number of carboxylic acid groups (broad SMARTS) is 1. The summed E-state index contributed by atoms with van der Waals surface area (Å²) in [6, 6.07) is 3.14. The number of nitroso groups, excluding NO2 is 1. The fourth-order valence-corrected chi connectivity index (χ4v) is 5.44. The van der Waals surface area contributed by atoms with E-state index in [1.807, 2.05) is 26.0 Å². The predicted octanol–water partition coefficient (Wildman–Crippen LogP) is 5.80. The van der Waals surface area contributed by atoms with Gasteiger partial charge in [0.1, 0.15) is 17.9 Å². The number of hydrogen-bond donors (Lipinski definition) is 4. The van der Waals surface area contributed by atoms with Crippen LogP contribution in [-0.4, -0.2) is 76.0 Å². The van der Waals surface area contributed by atoms with Gasteiger partial charge in [-0.05, 0) is 76.5 Å². The molecule has 1 aromatic heterocycles. The lowest BCUT2D eigenvalue weighted by molar-refractivity contribution is -0.159. The van der Waals surface area contributed by atoms with Gasteiger partial charge in [-0.2, -0.15) is 4.91 Å². The van der Waals surface area contributed by atoms with Crippen molar-refractivity contribution in [3.05, 3.63) is 52.7 Å². The molecule has 7 atom stereocenters. The quantitative estimate of drug-likeness (QED) is 0.182. The van der Waals surface area contributed by atoms with E-state index < -0.39 is 29.9 Å². The molecule has 1 aliphatic heterocycles. The molecule has 2 aliphatic carbocycles. The average Bonchev–Trinajstić information content (AvgIpc) is 3.64. The van der Waals surface area contributed by atoms with Crippen molar-refractivity contribution in [1.82, 2.24) is 4.98 Å². The van der Waals surface area contributed by atoms with Gasteiger partial charge in [0.15, 0.2) is 0 Å². The van der Waals surface area contributed by atoms with Crippen molar-refractivity contribution in [3.8, 4) is 0 Å². The largest absolute Gasteiger partial charge is 0.508 e. The van der Waals surface area contributed by atoms with Crippen LogP contribution in [0.1, 0.15) is 90.1 Å². The molecule has 0 spiro atoms. The minimum Gasteiger partial charge on any atom is -0.477 e. The number of aromatic carboxylic acids is 1. The van der Waals surface area contributed by atoms with E-state index in [0.29, 0.717) is 18.8 Å². The monoisotopic (exact) mass is 622 g/mol. The lowest BCUT2D eigenvalue weighted by Gasteiger charge is -2.40. The Balaban J connectivity index is 0.000000431. The van der Waals surface area contributed by atoms with Crippen molar-refractivity contribution >= 4 is 18.1 Å². The second-order valence-electron chi connectivity index (χ2n) is 11.3. The van der Waals surface area contributed by atoms with Crippen molar-refractivity contribution in [2.24, 2.45) is 22.9 Å². The van der Waals surface area contributed by atoms with Crippen LogP contribution >= 0.6 is 0 Å². The van der Waals surface area contributed by atoms with Crippen LogP contribution in [0.3, 0.4) is 0 Å². The number of fused-ring (bicyclic) bond motifs is 1. The van der Waals surface area contributed by atoms with Crippen LogP contribution in [-0.2, 0) is 19.0 Å². The zero-order valence-electron chi connectivity index (χ0n) is 26.7. The van der Waals surface area contributed by atoms with Crippen LogP contribution in [0.25, 0.3) is 0 Å². The van der Waals surface area contributed by atoms with Gasteiger partial charge in [0.05, 0.1) is 25.4 Å². The molecule has 248 valence electrons. The summed E-state index contributed by atoms with van der Waals surface area (Å²) in [7, 11) is 1.19. The molecule has 0 aromatic carbocycles. The van der Waals surface area contributed by atoms with E-state index in [9.17, 15) is 19.5 Å². The molecule has 1 fully saturated rings. The number of carbonyl (C=O) groups is 3. The number of allylic oxidation sites excluding steroid dienone is 1. The molecular formula is C32H50N2O10. The molecule has 0 bridgehead atoms. The lowest BCUT2D eigenvalue weighted by atomic mass is 9.72. The lowest BCUT2D eigenvalue weighted by Crippen LogP contribution is -2.43. The number of aliphatic hydroxyl groups excluding tert-OH is 1. The Bertz CT molecular complexity index is 1080. The second-order valence-corrected chi connectivity index (χ2v) is 11.3. The third kappa shape index (κ3) is 12.6. The summed E-state index contributed by atoms with van der Waals surface area (Å²) in [5, 5.41) is 30.7. The normalized spacial score (nSPS) is 29.5. The summed E-state index contributed by atoms with van der Waals surface area (Å²) in [5.74, 6) is -1.03. The Hall–Kier alpha value is -3.51. The molecule has 44 heavy (non-hydrogen) atoms. The van der Waals surface area contributed by atoms with E-state index in [2.05, 4.69) is 23.2 Å². The number of nitrogens with one attached hydrogen (secondary N) is 1. The Morgan fingerprint density at radius 2 is 1.93 bits per heavy atom. The van der Waals surface area contributed by atoms with Gasteiger partial charge < -0.3 is 34.5 Å². The molecule has 1 saturated carbocycles. The van der Waals surface area contributed by atoms with Crippen LogP contribution in [0.4, 0.5) is 4.79 Å². The molecule has 12 nitrogen and oxygen atoms in total. The summed E-state index contributed by atoms with van der Waals surface area (Å²) >= 11 is 0. The highest BCUT2D eigenvalue weighted by molar-refractivity contribution is 5.85. The minimum atomic E-state index is -0.948. The Morgan fingerprint density at radius 3 is 2.41 bits per heavy atom. The Morgan fingerprint density at radius 1 is 1.25 bits per heavy atom. The number of nitrogens with zero attached hydrogens (tertiary/aromatic N) is 1. The molecule has 0 radical (unpaired) electrons. The van der Waals surface area contributed by atoms with E-state index in [0.717, 1.165) is 18.4 Å². The Kier molecular flexibility index (Phi) is 17.2. The molecule has 2 heterocycles. The molecule has 1 aromatic rings. The van der Waals surface area contributed by atoms with Crippen molar-refractivity contribution in [2.45, 2.75) is 103 Å². The van der Waals surface area contributed by atoms with Crippen LogP contribution < -0.4 is 0 Å². The summed E-state index contributed by atoms with van der Waals surface area (Å²) in [4.78, 5) is 45.1. The first kappa shape index (κ1) is 38.5. The molecular weight excluding hydrogens is 572 g/mol. The first-order chi connectivity index (χ1) is 20.8. The zero-order valence-corrected chi connectivity index (χ0v) is 26.7. The van der Waals surface area contributed by atoms with Crippen LogP contribution in [0.5, 0.6) is 0 Å². The van der Waals surface area contributed by atoms with Crippen molar-refractivity contribution < 1.29 is 43.9 Å². The number of aliphatic hydroxyl groups is 2. The summed E-state index contributed by atoms with van der Waals surface area (Å²) < 4.78 is 15.7. The molecule has 0 saturated heterocycles. The number of esters is 1. The minimum absolute atomic E-state index is 0.0139. The molecule has 4 N–H and O–H groups in total. The van der Waals surface area contributed by atoms with Gasteiger partial charge >= 0.3 is 18.1 Å². The van der Waals surface area contributed by atoms with E-state index in [-0.39, 0.29) is 42.6 Å². The van der Waals surface area contributed by atoms with Gasteiger partial charge in [0.25, 0.3) is 0 Å². The van der Waals surface area contributed by atoms with Crippen molar-refractivity contribution in [2.75, 3.05) is 13.7 Å². The molecule has 4 rings (SSSR count). The first-order valence-electron chi connectivity index (χ1n) is 15.2. The maximum atomic E-state index is 12.3. The van der Waals surface area contributed by atoms with Crippen molar-refractivity contribution in [1.29, 1.82) is 0 Å². The standard InChI is InChI=1S/C20H30O6.C6H12O.C5H5NO2.CH3NO/c1-5-24-19(22)25-15(4)18-13(2)12-14(3)20(23)11-7-6-8-16(20)9-10-17(21)26-18;1-5-3-2-4-6(5)7;7-5(8)4-2-1-3-6-4;1-2-3/h6,8,12-13,15-16,18,23H,5,7,9-11H2,1-4H3;5-7H,2-4H2,1H3;1-3,6H,(H,7,8);1H3/b14-12+;;;/t13?,15?,16?,18?,20-;5-,6?;;/m00../s1. The fraction of sp³-hybridized carbons (Fsp3) is 0.656. The highest BCUT2D eigenvalue weighted by Gasteiger charge is 2.40. The highest BCUT2D eigenvalue weighted by atomic mass is 16.7. The third-order valence-electron chi connectivity index (χ3n) is 7.97. The third-order valence-corrected chi connectivity index (χ3v) is 7.97. The van der Waals surface area contributed by atoms with E-state index in [1.54, 1.807) is 26.1 Å². The topological polar surface area (TPSA) is 185 Å². The number of aromatic amines is 1. The zero-order chi connectivity index (χ0) is 33.3. The van der Waals surface area contributed by atoms with Crippen LogP contribution in [0.15, 0.2) is 47.3 Å². The van der Waals surface area contributed by atoms with Gasteiger partial charge in [0, 0.05) is 24.5 Å². The second kappa shape index (κ2) is 19.7. The molecule has 12 heteroatoms. The number of rotatable bonds is 4. The van der Waals surface area contributed by atoms with Gasteiger partial charge in [-0.25, -0.2) is 9.59 Å². The van der Waals surface area contributed by atoms with Crippen LogP contribution in [0.2, 0.25) is 0 Å². The number of cyclic esters (lactones) is 1. The SMILES string of the molecule is CCOC(=O)OC(C)C1OC(=O)CCC2C=CCC[C@]2(O)/C(C)=C/C1C.CN=O.C[C@H]1CCCC1O.O=C(O)c1ccc[nH]1.